The molecular formula is C25H19N5O2S. The molecule has 0 unspecified atom stereocenters. The predicted molar refractivity (Wildman–Crippen MR) is 133 cm³/mol. The van der Waals surface area contributed by atoms with E-state index < -0.39 is 0 Å². The molecule has 5 aromatic rings. The number of carbonyl (C=O) groups is 2. The molecule has 3 N–H and O–H groups in total. The number of benzene rings is 3. The number of nitrogens with one attached hydrogen (secondary N) is 3. The molecule has 5 rings (SSSR count). The van der Waals surface area contributed by atoms with Crippen LogP contribution >= 0.6 is 11.3 Å². The quantitative estimate of drug-likeness (QED) is 0.313. The van der Waals surface area contributed by atoms with Crippen molar-refractivity contribution in [3.8, 4) is 0 Å². The second kappa shape index (κ2) is 8.68. The summed E-state index contributed by atoms with van der Waals surface area (Å²) in [5.74, 6) is -0.356. The number of nitrogens with zero attached hydrogens (tertiary/aromatic N) is 2. The summed E-state index contributed by atoms with van der Waals surface area (Å²) in [6, 6.07) is 22.3. The summed E-state index contributed by atoms with van der Waals surface area (Å²) >= 11 is 1.48. The Morgan fingerprint density at radius 3 is 2.33 bits per heavy atom. The number of anilines is 4. The molecule has 0 atom stereocenters. The molecule has 0 radical (unpaired) electrons. The Labute approximate surface area is 193 Å². The number of aromatic nitrogens is 2. The molecule has 33 heavy (non-hydrogen) atoms. The molecule has 8 heteroatoms. The number of fused-ring (bicyclic) bond motifs is 2. The highest BCUT2D eigenvalue weighted by Crippen LogP contribution is 2.30. The maximum absolute atomic E-state index is 12.7. The lowest BCUT2D eigenvalue weighted by Gasteiger charge is -2.07. The first-order chi connectivity index (χ1) is 16.0. The van der Waals surface area contributed by atoms with Crippen LogP contribution in [0, 0.1) is 0 Å². The SMILES string of the molecule is CC(=O)Nc1ccc(NC(=O)c2ccc3nc(Nc4ccc5ncccc5c4)sc3c2)cc1. The van der Waals surface area contributed by atoms with Gasteiger partial charge in [0, 0.05) is 41.1 Å². The molecule has 0 saturated heterocycles. The molecule has 0 aliphatic heterocycles. The number of carbonyl (C=O) groups excluding carboxylic acids is 2. The Kier molecular flexibility index (Phi) is 5.42. The van der Waals surface area contributed by atoms with E-state index in [0.717, 1.165) is 31.9 Å². The van der Waals surface area contributed by atoms with Gasteiger partial charge in [-0.1, -0.05) is 17.4 Å². The van der Waals surface area contributed by atoms with E-state index in [1.54, 1.807) is 36.5 Å². The number of hydrogen-bond donors (Lipinski definition) is 3. The third-order valence-corrected chi connectivity index (χ3v) is 5.90. The van der Waals surface area contributed by atoms with Gasteiger partial charge in [-0.15, -0.1) is 0 Å². The van der Waals surface area contributed by atoms with E-state index in [2.05, 4.69) is 25.9 Å². The molecule has 2 heterocycles. The average molecular weight is 454 g/mol. The summed E-state index contributed by atoms with van der Waals surface area (Å²) in [7, 11) is 0. The Hall–Kier alpha value is -4.30. The first-order valence-corrected chi connectivity index (χ1v) is 11.1. The first-order valence-electron chi connectivity index (χ1n) is 10.2. The molecule has 0 aliphatic carbocycles. The summed E-state index contributed by atoms with van der Waals surface area (Å²) in [5.41, 5.74) is 4.55. The third-order valence-electron chi connectivity index (χ3n) is 4.97. The highest BCUT2D eigenvalue weighted by molar-refractivity contribution is 7.22. The summed E-state index contributed by atoms with van der Waals surface area (Å²) in [6.45, 7) is 1.45. The van der Waals surface area contributed by atoms with Crippen molar-refractivity contribution < 1.29 is 9.59 Å². The van der Waals surface area contributed by atoms with Crippen LogP contribution in [-0.2, 0) is 4.79 Å². The van der Waals surface area contributed by atoms with Gasteiger partial charge in [0.2, 0.25) is 5.91 Å². The minimum Gasteiger partial charge on any atom is -0.332 e. The molecule has 0 saturated carbocycles. The molecule has 0 spiro atoms. The van der Waals surface area contributed by atoms with Crippen LogP contribution in [0.1, 0.15) is 17.3 Å². The van der Waals surface area contributed by atoms with Gasteiger partial charge in [0.15, 0.2) is 5.13 Å². The van der Waals surface area contributed by atoms with Crippen LogP contribution in [-0.4, -0.2) is 21.8 Å². The molecule has 0 fully saturated rings. The van der Waals surface area contributed by atoms with Crippen LogP contribution in [0.3, 0.4) is 0 Å². The molecule has 7 nitrogen and oxygen atoms in total. The maximum atomic E-state index is 12.7. The van der Waals surface area contributed by atoms with E-state index in [4.69, 9.17) is 0 Å². The van der Waals surface area contributed by atoms with Gasteiger partial charge in [-0.2, -0.15) is 0 Å². The van der Waals surface area contributed by atoms with Gasteiger partial charge in [0.25, 0.3) is 5.91 Å². The average Bonchev–Trinajstić information content (AvgIpc) is 3.21. The van der Waals surface area contributed by atoms with E-state index in [-0.39, 0.29) is 11.8 Å². The molecule has 0 aliphatic rings. The third kappa shape index (κ3) is 4.65. The van der Waals surface area contributed by atoms with Crippen LogP contribution in [0.5, 0.6) is 0 Å². The highest BCUT2D eigenvalue weighted by Gasteiger charge is 2.11. The lowest BCUT2D eigenvalue weighted by Crippen LogP contribution is -2.12. The highest BCUT2D eigenvalue weighted by atomic mass is 32.1. The van der Waals surface area contributed by atoms with Crippen molar-refractivity contribution in [2.24, 2.45) is 0 Å². The number of hydrogen-bond acceptors (Lipinski definition) is 6. The molecule has 0 bridgehead atoms. The molecular weight excluding hydrogens is 434 g/mol. The Morgan fingerprint density at radius 2 is 1.55 bits per heavy atom. The normalized spacial score (nSPS) is 10.8. The molecule has 2 aromatic heterocycles. The smallest absolute Gasteiger partial charge is 0.255 e. The standard InChI is InChI=1S/C25H19N5O2S/c1-15(31)27-18-5-7-19(8-6-18)28-24(32)17-4-10-22-23(14-17)33-25(30-22)29-20-9-11-21-16(13-20)3-2-12-26-21/h2-14H,1H3,(H,27,31)(H,28,32)(H,29,30). The van der Waals surface area contributed by atoms with Gasteiger partial charge in [0.1, 0.15) is 0 Å². The minimum absolute atomic E-state index is 0.142. The fraction of sp³-hybridized carbons (Fsp3) is 0.0400. The van der Waals surface area contributed by atoms with Crippen LogP contribution in [0.2, 0.25) is 0 Å². The van der Waals surface area contributed by atoms with Gasteiger partial charge in [-0.05, 0) is 66.7 Å². The van der Waals surface area contributed by atoms with Crippen LogP contribution in [0.25, 0.3) is 21.1 Å². The van der Waals surface area contributed by atoms with E-state index >= 15 is 0 Å². The number of thiazole rings is 1. The van der Waals surface area contributed by atoms with Gasteiger partial charge in [-0.3, -0.25) is 14.6 Å². The lowest BCUT2D eigenvalue weighted by molar-refractivity contribution is -0.114. The second-order valence-corrected chi connectivity index (χ2v) is 8.48. The van der Waals surface area contributed by atoms with Crippen molar-refractivity contribution in [1.82, 2.24) is 9.97 Å². The van der Waals surface area contributed by atoms with Crippen molar-refractivity contribution >= 4 is 66.5 Å². The molecule has 3 aromatic carbocycles. The summed E-state index contributed by atoms with van der Waals surface area (Å²) < 4.78 is 0.911. The Morgan fingerprint density at radius 1 is 0.818 bits per heavy atom. The van der Waals surface area contributed by atoms with Gasteiger partial charge < -0.3 is 16.0 Å². The minimum atomic E-state index is -0.214. The van der Waals surface area contributed by atoms with Crippen LogP contribution in [0.15, 0.2) is 79.0 Å². The zero-order valence-electron chi connectivity index (χ0n) is 17.6. The molecule has 2 amide bonds. The summed E-state index contributed by atoms with van der Waals surface area (Å²) in [4.78, 5) is 32.8. The Balaban J connectivity index is 1.32. The number of amides is 2. The molecule has 162 valence electrons. The largest absolute Gasteiger partial charge is 0.332 e. The lowest BCUT2D eigenvalue weighted by atomic mass is 10.2. The summed E-state index contributed by atoms with van der Waals surface area (Å²) in [5, 5.41) is 10.7. The van der Waals surface area contributed by atoms with Crippen molar-refractivity contribution in [3.05, 3.63) is 84.6 Å². The fourth-order valence-corrected chi connectivity index (χ4v) is 4.36. The topological polar surface area (TPSA) is 96.0 Å². The van der Waals surface area contributed by atoms with Gasteiger partial charge in [-0.25, -0.2) is 4.98 Å². The van der Waals surface area contributed by atoms with Gasteiger partial charge >= 0.3 is 0 Å². The summed E-state index contributed by atoms with van der Waals surface area (Å²) in [6.07, 6.45) is 1.78. The van der Waals surface area contributed by atoms with E-state index in [9.17, 15) is 9.59 Å². The Bertz CT molecular complexity index is 1490. The zero-order valence-corrected chi connectivity index (χ0v) is 18.4. The van der Waals surface area contributed by atoms with Crippen molar-refractivity contribution in [2.45, 2.75) is 6.92 Å². The van der Waals surface area contributed by atoms with Crippen molar-refractivity contribution in [1.29, 1.82) is 0 Å². The monoisotopic (exact) mass is 453 g/mol. The van der Waals surface area contributed by atoms with E-state index in [0.29, 0.717) is 16.9 Å². The van der Waals surface area contributed by atoms with Crippen LogP contribution < -0.4 is 16.0 Å². The fourth-order valence-electron chi connectivity index (χ4n) is 3.44. The van der Waals surface area contributed by atoms with Crippen LogP contribution in [0.4, 0.5) is 22.2 Å². The van der Waals surface area contributed by atoms with Gasteiger partial charge in [0.05, 0.1) is 15.7 Å². The second-order valence-electron chi connectivity index (χ2n) is 7.45. The van der Waals surface area contributed by atoms with E-state index in [1.165, 1.54) is 18.3 Å². The zero-order chi connectivity index (χ0) is 22.8. The number of pyridine rings is 1. The van der Waals surface area contributed by atoms with Crippen molar-refractivity contribution in [3.63, 3.8) is 0 Å². The number of rotatable bonds is 5. The van der Waals surface area contributed by atoms with Crippen molar-refractivity contribution in [2.75, 3.05) is 16.0 Å². The first kappa shape index (κ1) is 20.6. The predicted octanol–water partition coefficient (Wildman–Crippen LogP) is 5.80. The van der Waals surface area contributed by atoms with E-state index in [1.807, 2.05) is 42.5 Å². The maximum Gasteiger partial charge on any atom is 0.255 e.